The van der Waals surface area contributed by atoms with Crippen LogP contribution in [0.2, 0.25) is 5.15 Å². The van der Waals surface area contributed by atoms with Gasteiger partial charge in [0.25, 0.3) is 0 Å². The van der Waals surface area contributed by atoms with Gasteiger partial charge in [0.1, 0.15) is 5.15 Å². The zero-order chi connectivity index (χ0) is 15.5. The molecule has 1 fully saturated rings. The maximum absolute atomic E-state index is 11.1. The van der Waals surface area contributed by atoms with Crippen LogP contribution in [0, 0.1) is 6.92 Å². The minimum absolute atomic E-state index is 0.0648. The summed E-state index contributed by atoms with van der Waals surface area (Å²) >= 11 is 7.69. The van der Waals surface area contributed by atoms with Gasteiger partial charge in [0.05, 0.1) is 28.9 Å². The highest BCUT2D eigenvalue weighted by Crippen LogP contribution is 2.22. The molecule has 8 heteroatoms. The van der Waals surface area contributed by atoms with Gasteiger partial charge >= 0.3 is 0 Å². The highest BCUT2D eigenvalue weighted by Gasteiger charge is 2.16. The normalized spacial score (nSPS) is 16.6. The van der Waals surface area contributed by atoms with E-state index in [2.05, 4.69) is 20.6 Å². The number of benzene rings is 1. The molecule has 0 bridgehead atoms. The molecule has 0 spiro atoms. The maximum Gasteiger partial charge on any atom is 0.236 e. The zero-order valence-corrected chi connectivity index (χ0v) is 13.2. The predicted molar refractivity (Wildman–Crippen MR) is 88.9 cm³/mol. The molecule has 0 atom stereocenters. The molecule has 0 radical (unpaired) electrons. The Morgan fingerprint density at radius 1 is 1.41 bits per heavy atom. The number of para-hydroxylation sites is 1. The number of aromatic nitrogens is 2. The van der Waals surface area contributed by atoms with Crippen molar-refractivity contribution >= 4 is 40.7 Å². The van der Waals surface area contributed by atoms with E-state index in [1.165, 1.54) is 11.8 Å². The smallest absolute Gasteiger partial charge is 0.236 e. The number of thioether (sulfide) groups is 1. The highest BCUT2D eigenvalue weighted by atomic mass is 35.5. The molecule has 2 aromatic rings. The second-order valence-electron chi connectivity index (χ2n) is 4.52. The number of hydrogen-bond acceptors (Lipinski definition) is 5. The Morgan fingerprint density at radius 3 is 2.86 bits per heavy atom. The lowest BCUT2D eigenvalue weighted by molar-refractivity contribution is -0.116. The van der Waals surface area contributed by atoms with Crippen LogP contribution in [0.3, 0.4) is 0 Å². The van der Waals surface area contributed by atoms with E-state index >= 15 is 0 Å². The lowest BCUT2D eigenvalue weighted by Gasteiger charge is -2.01. The fraction of sp³-hybridized carbons (Fsp3) is 0.143. The topological polar surface area (TPSA) is 71.6 Å². The zero-order valence-electron chi connectivity index (χ0n) is 11.7. The molecule has 22 heavy (non-hydrogen) atoms. The third kappa shape index (κ3) is 3.05. The summed E-state index contributed by atoms with van der Waals surface area (Å²) in [6.45, 7) is 1.85. The van der Waals surface area contributed by atoms with Crippen molar-refractivity contribution in [3.8, 4) is 5.69 Å². The largest absolute Gasteiger partial charge is 0.303 e. The van der Waals surface area contributed by atoms with Crippen molar-refractivity contribution in [1.82, 2.24) is 15.1 Å². The van der Waals surface area contributed by atoms with Crippen LogP contribution < -0.4 is 5.32 Å². The van der Waals surface area contributed by atoms with Gasteiger partial charge < -0.3 is 5.32 Å². The Labute approximate surface area is 136 Å². The number of aryl methyl sites for hydroxylation is 1. The van der Waals surface area contributed by atoms with Gasteiger partial charge in [-0.3, -0.25) is 4.79 Å². The maximum atomic E-state index is 11.1. The molecule has 0 unspecified atom stereocenters. The van der Waals surface area contributed by atoms with E-state index in [9.17, 15) is 4.79 Å². The molecule has 1 aromatic heterocycles. The first-order valence-corrected chi connectivity index (χ1v) is 7.86. The number of nitrogens with zero attached hydrogens (tertiary/aromatic N) is 4. The van der Waals surface area contributed by atoms with E-state index in [4.69, 9.17) is 11.6 Å². The van der Waals surface area contributed by atoms with Crippen LogP contribution in [0.25, 0.3) is 5.69 Å². The Balaban J connectivity index is 1.86. The van der Waals surface area contributed by atoms with E-state index < -0.39 is 0 Å². The molecular formula is C14H12ClN5OS. The van der Waals surface area contributed by atoms with Crippen molar-refractivity contribution < 1.29 is 4.79 Å². The van der Waals surface area contributed by atoms with E-state index in [1.54, 1.807) is 10.9 Å². The van der Waals surface area contributed by atoms with Crippen LogP contribution in [0.4, 0.5) is 0 Å². The summed E-state index contributed by atoms with van der Waals surface area (Å²) < 4.78 is 1.65. The standard InChI is InChI=1S/C14H12ClN5OS/c1-9-11(7-16-18-14-17-12(21)8-22-14)13(15)20(19-9)10-5-3-2-4-6-10/h2-7H,8H2,1H3,(H,17,18,21). The van der Waals surface area contributed by atoms with Gasteiger partial charge in [-0.25, -0.2) is 4.68 Å². The van der Waals surface area contributed by atoms with Crippen molar-refractivity contribution in [2.45, 2.75) is 6.92 Å². The molecule has 1 saturated heterocycles. The Morgan fingerprint density at radius 2 is 2.18 bits per heavy atom. The first kappa shape index (κ1) is 14.8. The summed E-state index contributed by atoms with van der Waals surface area (Å²) in [6.07, 6.45) is 1.54. The van der Waals surface area contributed by atoms with Crippen molar-refractivity contribution in [3.05, 3.63) is 46.7 Å². The lowest BCUT2D eigenvalue weighted by Crippen LogP contribution is -2.19. The Kier molecular flexibility index (Phi) is 4.26. The first-order chi connectivity index (χ1) is 10.6. The number of carbonyl (C=O) groups excluding carboxylic acids is 1. The van der Waals surface area contributed by atoms with Crippen molar-refractivity contribution in [2.24, 2.45) is 10.2 Å². The minimum atomic E-state index is -0.0648. The number of amidine groups is 1. The molecule has 1 aliphatic heterocycles. The summed E-state index contributed by atoms with van der Waals surface area (Å²) in [4.78, 5) is 11.1. The average molecular weight is 334 g/mol. The number of nitrogens with one attached hydrogen (secondary N) is 1. The lowest BCUT2D eigenvalue weighted by atomic mass is 10.3. The summed E-state index contributed by atoms with van der Waals surface area (Å²) in [5, 5.41) is 15.9. The third-order valence-electron chi connectivity index (χ3n) is 2.97. The number of amides is 1. The average Bonchev–Trinajstić information content (AvgIpc) is 3.06. The Hall–Kier alpha value is -2.12. The Bertz CT molecular complexity index is 769. The molecule has 1 N–H and O–H groups in total. The second kappa shape index (κ2) is 6.33. The molecule has 0 saturated carbocycles. The number of rotatable bonds is 3. The second-order valence-corrected chi connectivity index (χ2v) is 5.85. The highest BCUT2D eigenvalue weighted by molar-refractivity contribution is 8.15. The van der Waals surface area contributed by atoms with E-state index in [1.807, 2.05) is 37.3 Å². The van der Waals surface area contributed by atoms with Crippen LogP contribution in [-0.2, 0) is 4.79 Å². The molecule has 1 aromatic carbocycles. The van der Waals surface area contributed by atoms with Gasteiger partial charge in [-0.15, -0.1) is 5.10 Å². The molecule has 6 nitrogen and oxygen atoms in total. The minimum Gasteiger partial charge on any atom is -0.303 e. The van der Waals surface area contributed by atoms with E-state index in [0.717, 1.165) is 11.4 Å². The number of hydrogen-bond donors (Lipinski definition) is 1. The molecule has 1 aliphatic rings. The van der Waals surface area contributed by atoms with Gasteiger partial charge in [0, 0.05) is 0 Å². The first-order valence-electron chi connectivity index (χ1n) is 6.49. The van der Waals surface area contributed by atoms with Gasteiger partial charge in [0.2, 0.25) is 5.91 Å². The predicted octanol–water partition coefficient (Wildman–Crippen LogP) is 2.39. The van der Waals surface area contributed by atoms with Crippen LogP contribution >= 0.6 is 23.4 Å². The van der Waals surface area contributed by atoms with Gasteiger partial charge in [-0.1, -0.05) is 41.6 Å². The molecular weight excluding hydrogens is 322 g/mol. The van der Waals surface area contributed by atoms with Gasteiger partial charge in [0.15, 0.2) is 5.17 Å². The summed E-state index contributed by atoms with van der Waals surface area (Å²) in [5.41, 5.74) is 2.32. The monoisotopic (exact) mass is 333 g/mol. The molecule has 3 rings (SSSR count). The fourth-order valence-electron chi connectivity index (χ4n) is 1.92. The van der Waals surface area contributed by atoms with Crippen LogP contribution in [0.15, 0.2) is 40.5 Å². The van der Waals surface area contributed by atoms with Crippen molar-refractivity contribution in [1.29, 1.82) is 0 Å². The van der Waals surface area contributed by atoms with Crippen molar-refractivity contribution in [2.75, 3.05) is 5.75 Å². The van der Waals surface area contributed by atoms with E-state index in [0.29, 0.717) is 21.6 Å². The molecule has 0 aliphatic carbocycles. The van der Waals surface area contributed by atoms with Crippen LogP contribution in [0.5, 0.6) is 0 Å². The third-order valence-corrected chi connectivity index (χ3v) is 4.20. The van der Waals surface area contributed by atoms with E-state index in [-0.39, 0.29) is 5.91 Å². The quantitative estimate of drug-likeness (QED) is 0.692. The van der Waals surface area contributed by atoms with Gasteiger partial charge in [-0.2, -0.15) is 10.2 Å². The molecule has 2 heterocycles. The SMILES string of the molecule is Cc1nn(-c2ccccc2)c(Cl)c1C=NN=C1NC(=O)CS1. The summed E-state index contributed by atoms with van der Waals surface area (Å²) in [7, 11) is 0. The number of halogens is 1. The number of carbonyl (C=O) groups is 1. The van der Waals surface area contributed by atoms with Crippen molar-refractivity contribution in [3.63, 3.8) is 0 Å². The van der Waals surface area contributed by atoms with Crippen LogP contribution in [0.1, 0.15) is 11.3 Å². The fourth-order valence-corrected chi connectivity index (χ4v) is 2.87. The molecule has 112 valence electrons. The summed E-state index contributed by atoms with van der Waals surface area (Å²) in [6, 6.07) is 9.61. The van der Waals surface area contributed by atoms with Crippen LogP contribution in [-0.4, -0.2) is 32.8 Å². The van der Waals surface area contributed by atoms with Gasteiger partial charge in [-0.05, 0) is 19.1 Å². The summed E-state index contributed by atoms with van der Waals surface area (Å²) in [5.74, 6) is 0.310. The molecule has 1 amide bonds.